The fraction of sp³-hybridized carbons (Fsp3) is 0.364. The number of aromatic nitrogens is 3. The summed E-state index contributed by atoms with van der Waals surface area (Å²) >= 11 is 0. The van der Waals surface area contributed by atoms with E-state index in [-0.39, 0.29) is 0 Å². The maximum Gasteiger partial charge on any atom is 0.120 e. The van der Waals surface area contributed by atoms with Gasteiger partial charge in [-0.1, -0.05) is 6.07 Å². The summed E-state index contributed by atoms with van der Waals surface area (Å²) in [4.78, 5) is 7.32. The fourth-order valence-corrected chi connectivity index (χ4v) is 3.87. The number of nitrogens with one attached hydrogen (secondary N) is 1. The van der Waals surface area contributed by atoms with Crippen LogP contribution in [-0.2, 0) is 13.6 Å². The Bertz CT molecular complexity index is 952. The van der Waals surface area contributed by atoms with Gasteiger partial charge in [-0.25, -0.2) is 0 Å². The van der Waals surface area contributed by atoms with Crippen molar-refractivity contribution in [2.24, 2.45) is 7.05 Å². The van der Waals surface area contributed by atoms with Crippen LogP contribution in [0.1, 0.15) is 29.3 Å². The minimum Gasteiger partial charge on any atom is -0.497 e. The molecular weight excluding hydrogens is 350 g/mol. The molecule has 4 rings (SSSR count). The van der Waals surface area contributed by atoms with Crippen LogP contribution in [-0.4, -0.2) is 39.9 Å². The van der Waals surface area contributed by atoms with Crippen LogP contribution in [0.15, 0.2) is 48.8 Å². The second-order valence-electron chi connectivity index (χ2n) is 7.52. The third kappa shape index (κ3) is 4.34. The first-order valence-electron chi connectivity index (χ1n) is 9.68. The average Bonchev–Trinajstić information content (AvgIpc) is 3.31. The number of likely N-dealkylation sites (tertiary alicyclic amines) is 1. The number of pyridine rings is 1. The lowest BCUT2D eigenvalue weighted by molar-refractivity contribution is 0.326. The molecule has 1 aromatic carbocycles. The normalized spacial score (nSPS) is 17.0. The number of ether oxygens (including phenoxy) is 1. The number of aryl methyl sites for hydroxylation is 2. The van der Waals surface area contributed by atoms with E-state index in [1.165, 1.54) is 11.3 Å². The molecule has 2 aromatic heterocycles. The molecule has 1 fully saturated rings. The van der Waals surface area contributed by atoms with Crippen LogP contribution in [0.5, 0.6) is 5.75 Å². The van der Waals surface area contributed by atoms with Crippen LogP contribution in [0.2, 0.25) is 0 Å². The molecule has 0 amide bonds. The van der Waals surface area contributed by atoms with Crippen LogP contribution in [0, 0.1) is 6.92 Å². The number of benzene rings is 1. The van der Waals surface area contributed by atoms with E-state index in [4.69, 9.17) is 9.72 Å². The SMILES string of the molecule is COc1cccc(Nc2cc(C)nc(C3CCN(Cc4cnn(C)c4)C3)c2)c1. The first-order chi connectivity index (χ1) is 13.6. The number of anilines is 2. The van der Waals surface area contributed by atoms with E-state index >= 15 is 0 Å². The highest BCUT2D eigenvalue weighted by molar-refractivity contribution is 5.62. The predicted octanol–water partition coefficient (Wildman–Crippen LogP) is 3.87. The van der Waals surface area contributed by atoms with Gasteiger partial charge in [0.05, 0.1) is 13.3 Å². The van der Waals surface area contributed by atoms with Crippen molar-refractivity contribution >= 4 is 11.4 Å². The van der Waals surface area contributed by atoms with Gasteiger partial charge in [0.2, 0.25) is 0 Å². The van der Waals surface area contributed by atoms with E-state index in [1.807, 2.05) is 42.2 Å². The summed E-state index contributed by atoms with van der Waals surface area (Å²) in [5, 5.41) is 7.76. The van der Waals surface area contributed by atoms with Gasteiger partial charge in [-0.05, 0) is 44.2 Å². The van der Waals surface area contributed by atoms with Crippen molar-refractivity contribution in [3.05, 3.63) is 65.7 Å². The summed E-state index contributed by atoms with van der Waals surface area (Å²) in [6, 6.07) is 12.3. The number of methoxy groups -OCH3 is 1. The molecule has 0 saturated carbocycles. The van der Waals surface area contributed by atoms with Crippen molar-refractivity contribution in [2.75, 3.05) is 25.5 Å². The van der Waals surface area contributed by atoms with E-state index in [2.05, 4.69) is 40.6 Å². The molecule has 3 heterocycles. The molecule has 1 saturated heterocycles. The summed E-state index contributed by atoms with van der Waals surface area (Å²) < 4.78 is 7.18. The lowest BCUT2D eigenvalue weighted by Gasteiger charge is -2.16. The van der Waals surface area contributed by atoms with E-state index < -0.39 is 0 Å². The molecule has 28 heavy (non-hydrogen) atoms. The van der Waals surface area contributed by atoms with Gasteiger partial charge in [-0.3, -0.25) is 14.6 Å². The van der Waals surface area contributed by atoms with E-state index in [9.17, 15) is 0 Å². The predicted molar refractivity (Wildman–Crippen MR) is 111 cm³/mol. The standard InChI is InChI=1S/C22H27N5O/c1-16-9-20(25-19-5-4-6-21(10-19)28-3)11-22(24-16)18-7-8-27(15-18)14-17-12-23-26(2)13-17/h4-6,9-13,18H,7-8,14-15H2,1-3H3,(H,24,25). The molecule has 146 valence electrons. The maximum absolute atomic E-state index is 5.32. The second kappa shape index (κ2) is 8.02. The molecule has 0 radical (unpaired) electrons. The highest BCUT2D eigenvalue weighted by Gasteiger charge is 2.25. The van der Waals surface area contributed by atoms with Gasteiger partial charge in [0, 0.05) is 66.6 Å². The quantitative estimate of drug-likeness (QED) is 0.707. The third-order valence-electron chi connectivity index (χ3n) is 5.19. The van der Waals surface area contributed by atoms with Gasteiger partial charge in [0.1, 0.15) is 5.75 Å². The molecule has 6 nitrogen and oxygen atoms in total. The largest absolute Gasteiger partial charge is 0.497 e. The topological polar surface area (TPSA) is 55.2 Å². The first kappa shape index (κ1) is 18.5. The Morgan fingerprint density at radius 2 is 2.11 bits per heavy atom. The van der Waals surface area contributed by atoms with Gasteiger partial charge in [-0.15, -0.1) is 0 Å². The monoisotopic (exact) mass is 377 g/mol. The zero-order valence-electron chi connectivity index (χ0n) is 16.7. The third-order valence-corrected chi connectivity index (χ3v) is 5.19. The lowest BCUT2D eigenvalue weighted by atomic mass is 10.0. The Kier molecular flexibility index (Phi) is 5.30. The highest BCUT2D eigenvalue weighted by atomic mass is 16.5. The fourth-order valence-electron chi connectivity index (χ4n) is 3.87. The Hall–Kier alpha value is -2.86. The minimum absolute atomic E-state index is 0.461. The molecule has 1 N–H and O–H groups in total. The van der Waals surface area contributed by atoms with Gasteiger partial charge in [0.25, 0.3) is 0 Å². The maximum atomic E-state index is 5.32. The molecule has 0 bridgehead atoms. The molecule has 1 unspecified atom stereocenters. The Morgan fingerprint density at radius 1 is 1.21 bits per heavy atom. The second-order valence-corrected chi connectivity index (χ2v) is 7.52. The molecule has 1 aliphatic rings. The van der Waals surface area contributed by atoms with Crippen molar-refractivity contribution < 1.29 is 4.74 Å². The zero-order chi connectivity index (χ0) is 19.5. The number of rotatable bonds is 6. The van der Waals surface area contributed by atoms with Crippen molar-refractivity contribution in [3.8, 4) is 5.75 Å². The minimum atomic E-state index is 0.461. The number of nitrogens with zero attached hydrogens (tertiary/aromatic N) is 4. The van der Waals surface area contributed by atoms with Crippen LogP contribution < -0.4 is 10.1 Å². The summed E-state index contributed by atoms with van der Waals surface area (Å²) in [6.45, 7) is 5.13. The highest BCUT2D eigenvalue weighted by Crippen LogP contribution is 2.30. The van der Waals surface area contributed by atoms with Gasteiger partial charge >= 0.3 is 0 Å². The van der Waals surface area contributed by atoms with Gasteiger partial charge in [0.15, 0.2) is 0 Å². The van der Waals surface area contributed by atoms with Crippen molar-refractivity contribution in [2.45, 2.75) is 25.8 Å². The van der Waals surface area contributed by atoms with Gasteiger partial charge in [-0.2, -0.15) is 5.10 Å². The summed E-state index contributed by atoms with van der Waals surface area (Å²) in [5.41, 5.74) is 5.55. The Balaban J connectivity index is 1.46. The molecular formula is C22H27N5O. The van der Waals surface area contributed by atoms with Crippen LogP contribution in [0.4, 0.5) is 11.4 Å². The summed E-state index contributed by atoms with van der Waals surface area (Å²) in [6.07, 6.45) is 5.18. The lowest BCUT2D eigenvalue weighted by Crippen LogP contribution is -2.19. The average molecular weight is 377 g/mol. The van der Waals surface area contributed by atoms with Crippen LogP contribution in [0.3, 0.4) is 0 Å². The number of hydrogen-bond donors (Lipinski definition) is 1. The zero-order valence-corrected chi connectivity index (χ0v) is 16.7. The van der Waals surface area contributed by atoms with E-state index in [0.717, 1.165) is 48.9 Å². The molecule has 1 aliphatic heterocycles. The molecule has 6 heteroatoms. The Labute approximate surface area is 166 Å². The molecule has 0 aliphatic carbocycles. The molecule has 0 spiro atoms. The Morgan fingerprint density at radius 3 is 2.89 bits per heavy atom. The van der Waals surface area contributed by atoms with Crippen molar-refractivity contribution in [3.63, 3.8) is 0 Å². The van der Waals surface area contributed by atoms with E-state index in [1.54, 1.807) is 7.11 Å². The first-order valence-corrected chi connectivity index (χ1v) is 9.68. The molecule has 1 atom stereocenters. The van der Waals surface area contributed by atoms with Crippen LogP contribution in [0.25, 0.3) is 0 Å². The van der Waals surface area contributed by atoms with Crippen molar-refractivity contribution in [1.82, 2.24) is 19.7 Å². The summed E-state index contributed by atoms with van der Waals surface area (Å²) in [7, 11) is 3.65. The smallest absolute Gasteiger partial charge is 0.120 e. The van der Waals surface area contributed by atoms with Crippen LogP contribution >= 0.6 is 0 Å². The van der Waals surface area contributed by atoms with Crippen molar-refractivity contribution in [1.29, 1.82) is 0 Å². The summed E-state index contributed by atoms with van der Waals surface area (Å²) in [5.74, 6) is 1.31. The van der Waals surface area contributed by atoms with Gasteiger partial charge < -0.3 is 10.1 Å². The van der Waals surface area contributed by atoms with E-state index in [0.29, 0.717) is 5.92 Å². The molecule has 3 aromatic rings. The number of hydrogen-bond acceptors (Lipinski definition) is 5.